The first-order valence-corrected chi connectivity index (χ1v) is 7.20. The van der Waals surface area contributed by atoms with E-state index in [1.54, 1.807) is 11.3 Å². The van der Waals surface area contributed by atoms with Crippen LogP contribution in [0.15, 0.2) is 41.8 Å². The van der Waals surface area contributed by atoms with Crippen LogP contribution in [0.3, 0.4) is 0 Å². The van der Waals surface area contributed by atoms with Gasteiger partial charge in [0.2, 0.25) is 0 Å². The molecule has 0 saturated carbocycles. The van der Waals surface area contributed by atoms with Gasteiger partial charge in [0.1, 0.15) is 0 Å². The highest BCUT2D eigenvalue weighted by Crippen LogP contribution is 2.14. The molecule has 0 spiro atoms. The van der Waals surface area contributed by atoms with Gasteiger partial charge < -0.3 is 0 Å². The average Bonchev–Trinajstić information content (AvgIpc) is 2.87. The standard InChI is InChI=1S/C15H20N2S/c1-12-4-2-5-13(10-12)7-8-14(17-16)11-15-6-3-9-18-15/h2-6,9-10,14,17H,7-8,11,16H2,1H3. The van der Waals surface area contributed by atoms with Crippen LogP contribution in [-0.4, -0.2) is 6.04 Å². The van der Waals surface area contributed by atoms with Crippen molar-refractivity contribution >= 4 is 11.3 Å². The summed E-state index contributed by atoms with van der Waals surface area (Å²) in [6.07, 6.45) is 3.15. The van der Waals surface area contributed by atoms with E-state index in [4.69, 9.17) is 5.84 Å². The quantitative estimate of drug-likeness (QED) is 0.619. The Morgan fingerprint density at radius 2 is 2.17 bits per heavy atom. The van der Waals surface area contributed by atoms with Crippen molar-refractivity contribution < 1.29 is 0 Å². The first kappa shape index (κ1) is 13.3. The molecule has 1 heterocycles. The second-order valence-electron chi connectivity index (χ2n) is 4.67. The average molecular weight is 260 g/mol. The van der Waals surface area contributed by atoms with E-state index in [0.29, 0.717) is 6.04 Å². The summed E-state index contributed by atoms with van der Waals surface area (Å²) in [5.74, 6) is 5.64. The maximum absolute atomic E-state index is 5.64. The minimum atomic E-state index is 0.351. The summed E-state index contributed by atoms with van der Waals surface area (Å²) in [6.45, 7) is 2.13. The van der Waals surface area contributed by atoms with Crippen molar-refractivity contribution in [2.45, 2.75) is 32.2 Å². The maximum Gasteiger partial charge on any atom is 0.0261 e. The number of thiophene rings is 1. The predicted molar refractivity (Wildman–Crippen MR) is 78.6 cm³/mol. The summed E-state index contributed by atoms with van der Waals surface area (Å²) < 4.78 is 0. The monoisotopic (exact) mass is 260 g/mol. The highest BCUT2D eigenvalue weighted by atomic mass is 32.1. The van der Waals surface area contributed by atoms with Crippen LogP contribution in [-0.2, 0) is 12.8 Å². The van der Waals surface area contributed by atoms with Gasteiger partial charge >= 0.3 is 0 Å². The second-order valence-corrected chi connectivity index (χ2v) is 5.71. The molecular formula is C15H20N2S. The lowest BCUT2D eigenvalue weighted by Gasteiger charge is -2.15. The van der Waals surface area contributed by atoms with Gasteiger partial charge in [-0.3, -0.25) is 11.3 Å². The third kappa shape index (κ3) is 3.95. The van der Waals surface area contributed by atoms with Crippen LogP contribution in [0.25, 0.3) is 0 Å². The van der Waals surface area contributed by atoms with Crippen molar-refractivity contribution in [2.75, 3.05) is 0 Å². The van der Waals surface area contributed by atoms with Crippen molar-refractivity contribution in [3.63, 3.8) is 0 Å². The summed E-state index contributed by atoms with van der Waals surface area (Å²) in [6, 6.07) is 13.3. The molecule has 2 nitrogen and oxygen atoms in total. The Labute approximate surface area is 113 Å². The molecule has 3 heteroatoms. The summed E-state index contributed by atoms with van der Waals surface area (Å²) in [5.41, 5.74) is 5.64. The van der Waals surface area contributed by atoms with Gasteiger partial charge in [0.15, 0.2) is 0 Å². The molecule has 1 aromatic heterocycles. The zero-order valence-corrected chi connectivity index (χ0v) is 11.5. The number of nitrogens with two attached hydrogens (primary N) is 1. The molecule has 0 bridgehead atoms. The molecule has 0 aliphatic heterocycles. The Kier molecular flexibility index (Phi) is 4.93. The van der Waals surface area contributed by atoms with Gasteiger partial charge in [0.05, 0.1) is 0 Å². The molecular weight excluding hydrogens is 240 g/mol. The van der Waals surface area contributed by atoms with E-state index < -0.39 is 0 Å². The molecule has 0 amide bonds. The van der Waals surface area contributed by atoms with Crippen LogP contribution in [0.1, 0.15) is 22.4 Å². The SMILES string of the molecule is Cc1cccc(CCC(Cc2cccs2)NN)c1. The summed E-state index contributed by atoms with van der Waals surface area (Å²) in [5, 5.41) is 2.11. The van der Waals surface area contributed by atoms with Crippen LogP contribution in [0.2, 0.25) is 0 Å². The lowest BCUT2D eigenvalue weighted by molar-refractivity contribution is 0.494. The molecule has 3 N–H and O–H groups in total. The summed E-state index contributed by atoms with van der Waals surface area (Å²) in [7, 11) is 0. The third-order valence-corrected chi connectivity index (χ3v) is 4.03. The minimum absolute atomic E-state index is 0.351. The molecule has 1 unspecified atom stereocenters. The van der Waals surface area contributed by atoms with Crippen molar-refractivity contribution in [2.24, 2.45) is 5.84 Å². The predicted octanol–water partition coefficient (Wildman–Crippen LogP) is 3.06. The van der Waals surface area contributed by atoms with Crippen molar-refractivity contribution in [3.8, 4) is 0 Å². The van der Waals surface area contributed by atoms with Gasteiger partial charge in [0.25, 0.3) is 0 Å². The van der Waals surface area contributed by atoms with Gasteiger partial charge in [-0.25, -0.2) is 0 Å². The number of aryl methyl sites for hydroxylation is 2. The second kappa shape index (κ2) is 6.69. The number of rotatable bonds is 6. The topological polar surface area (TPSA) is 38.0 Å². The van der Waals surface area contributed by atoms with E-state index in [1.807, 2.05) is 0 Å². The van der Waals surface area contributed by atoms with Crippen LogP contribution < -0.4 is 11.3 Å². The summed E-state index contributed by atoms with van der Waals surface area (Å²) in [4.78, 5) is 1.39. The zero-order valence-electron chi connectivity index (χ0n) is 10.7. The molecule has 1 aromatic carbocycles. The lowest BCUT2D eigenvalue weighted by Crippen LogP contribution is -2.36. The Morgan fingerprint density at radius 1 is 1.28 bits per heavy atom. The molecule has 0 radical (unpaired) electrons. The van der Waals surface area contributed by atoms with Crippen LogP contribution in [0, 0.1) is 6.92 Å². The van der Waals surface area contributed by atoms with E-state index in [-0.39, 0.29) is 0 Å². The molecule has 0 fully saturated rings. The highest BCUT2D eigenvalue weighted by molar-refractivity contribution is 7.09. The lowest BCUT2D eigenvalue weighted by atomic mass is 10.0. The first-order valence-electron chi connectivity index (χ1n) is 6.32. The molecule has 0 aliphatic rings. The van der Waals surface area contributed by atoms with Crippen LogP contribution in [0.5, 0.6) is 0 Å². The van der Waals surface area contributed by atoms with Gasteiger partial charge in [-0.2, -0.15) is 0 Å². The van der Waals surface area contributed by atoms with Crippen molar-refractivity contribution in [1.82, 2.24) is 5.43 Å². The minimum Gasteiger partial charge on any atom is -0.271 e. The van der Waals surface area contributed by atoms with E-state index in [2.05, 4.69) is 54.1 Å². The fraction of sp³-hybridized carbons (Fsp3) is 0.333. The molecule has 96 valence electrons. The highest BCUT2D eigenvalue weighted by Gasteiger charge is 2.08. The van der Waals surface area contributed by atoms with Crippen molar-refractivity contribution in [3.05, 3.63) is 57.8 Å². The number of hydrogen-bond donors (Lipinski definition) is 2. The smallest absolute Gasteiger partial charge is 0.0261 e. The summed E-state index contributed by atoms with van der Waals surface area (Å²) >= 11 is 1.80. The number of nitrogens with one attached hydrogen (secondary N) is 1. The fourth-order valence-corrected chi connectivity index (χ4v) is 2.91. The maximum atomic E-state index is 5.64. The number of hydrazine groups is 1. The molecule has 0 aliphatic carbocycles. The Balaban J connectivity index is 1.87. The first-order chi connectivity index (χ1) is 8.78. The van der Waals surface area contributed by atoms with Crippen LogP contribution >= 0.6 is 11.3 Å². The van der Waals surface area contributed by atoms with Gasteiger partial charge in [0, 0.05) is 10.9 Å². The van der Waals surface area contributed by atoms with Gasteiger partial charge in [-0.15, -0.1) is 11.3 Å². The molecule has 2 aromatic rings. The van der Waals surface area contributed by atoms with Crippen LogP contribution in [0.4, 0.5) is 0 Å². The van der Waals surface area contributed by atoms with E-state index in [1.165, 1.54) is 16.0 Å². The van der Waals surface area contributed by atoms with Gasteiger partial charge in [-0.05, 0) is 43.2 Å². The number of benzene rings is 1. The largest absolute Gasteiger partial charge is 0.271 e. The van der Waals surface area contributed by atoms with Crippen molar-refractivity contribution in [1.29, 1.82) is 0 Å². The Hall–Kier alpha value is -1.16. The molecule has 0 saturated heterocycles. The van der Waals surface area contributed by atoms with E-state index in [0.717, 1.165) is 19.3 Å². The normalized spacial score (nSPS) is 12.6. The zero-order chi connectivity index (χ0) is 12.8. The fourth-order valence-electron chi connectivity index (χ4n) is 2.12. The van der Waals surface area contributed by atoms with E-state index >= 15 is 0 Å². The molecule has 2 rings (SSSR count). The number of hydrogen-bond acceptors (Lipinski definition) is 3. The Bertz CT molecular complexity index is 465. The molecule has 1 atom stereocenters. The van der Waals surface area contributed by atoms with E-state index in [9.17, 15) is 0 Å². The third-order valence-electron chi connectivity index (χ3n) is 3.13. The van der Waals surface area contributed by atoms with Gasteiger partial charge in [-0.1, -0.05) is 35.9 Å². The Morgan fingerprint density at radius 3 is 2.83 bits per heavy atom. The molecule has 18 heavy (non-hydrogen) atoms.